The third-order valence-corrected chi connectivity index (χ3v) is 15.9. The summed E-state index contributed by atoms with van der Waals surface area (Å²) < 4.78 is 19.7. The Kier molecular flexibility index (Phi) is 12.0. The molecule has 0 fully saturated rings. The Morgan fingerprint density at radius 2 is 1.12 bits per heavy atom. The second kappa shape index (κ2) is 11.9. The number of hydrogen-bond donors (Lipinski definition) is 0. The van der Waals surface area contributed by atoms with Gasteiger partial charge in [-0.15, -0.1) is 0 Å². The minimum atomic E-state index is -2.47. The Morgan fingerprint density at radius 1 is 0.720 bits per heavy atom. The maximum absolute atomic E-state index is 5.61. The molecule has 0 aliphatic heterocycles. The fourth-order valence-electron chi connectivity index (χ4n) is 4.99. The summed E-state index contributed by atoms with van der Waals surface area (Å²) in [7, 11) is 1.07. The van der Waals surface area contributed by atoms with Crippen molar-refractivity contribution in [3.63, 3.8) is 0 Å². The molecule has 0 aromatic heterocycles. The van der Waals surface area contributed by atoms with Crippen molar-refractivity contribution >= 4 is 17.0 Å². The Hall–Kier alpha value is 0.274. The largest absolute Gasteiger partial charge is 0.500 e. The predicted molar refractivity (Wildman–Crippen MR) is 114 cm³/mol. The number of hydrogen-bond acceptors (Lipinski definition) is 4. The first-order chi connectivity index (χ1) is 11.7. The summed E-state index contributed by atoms with van der Waals surface area (Å²) in [4.78, 5) is 0. The molecule has 0 spiro atoms. The molecule has 0 saturated carbocycles. The highest BCUT2D eigenvalue weighted by atomic mass is 28.4. The lowest BCUT2D eigenvalue weighted by Crippen LogP contribution is -2.60. The first kappa shape index (κ1) is 25.3. The zero-order valence-electron chi connectivity index (χ0n) is 18.6. The lowest BCUT2D eigenvalue weighted by molar-refractivity contribution is 0.122. The van der Waals surface area contributed by atoms with Crippen molar-refractivity contribution in [2.75, 3.05) is 34.4 Å². The third kappa shape index (κ3) is 6.14. The van der Waals surface area contributed by atoms with Gasteiger partial charge < -0.3 is 17.8 Å². The lowest BCUT2D eigenvalue weighted by atomic mass is 10.3. The van der Waals surface area contributed by atoms with Crippen LogP contribution in [0.5, 0.6) is 0 Å². The van der Waals surface area contributed by atoms with E-state index < -0.39 is 17.0 Å². The van der Waals surface area contributed by atoms with Crippen LogP contribution in [-0.4, -0.2) is 56.0 Å². The Bertz CT molecular complexity index is 318. The molecule has 0 saturated heterocycles. The van der Waals surface area contributed by atoms with E-state index in [-0.39, 0.29) is 0 Å². The first-order valence-corrected chi connectivity index (χ1v) is 14.2. The van der Waals surface area contributed by atoms with E-state index in [9.17, 15) is 0 Å². The van der Waals surface area contributed by atoms with Gasteiger partial charge in [-0.05, 0) is 42.6 Å². The van der Waals surface area contributed by atoms with Gasteiger partial charge in [0.05, 0.1) is 0 Å². The average molecular weight is 392 g/mol. The van der Waals surface area contributed by atoms with Crippen LogP contribution in [0.1, 0.15) is 67.7 Å². The standard InChI is InChI=1S/C19H45NO3Si2/c1-11-12-14-20(15-13-16-24(21-8,22-9)23-10)25(17(2)3,18(4)5)19(6)7/h17-19H,11-16H2,1-10H3. The van der Waals surface area contributed by atoms with Crippen molar-refractivity contribution in [3.05, 3.63) is 0 Å². The van der Waals surface area contributed by atoms with Crippen LogP contribution in [0.25, 0.3) is 0 Å². The van der Waals surface area contributed by atoms with Crippen LogP contribution < -0.4 is 0 Å². The molecular formula is C19H45NO3Si2. The van der Waals surface area contributed by atoms with Crippen molar-refractivity contribution in [2.24, 2.45) is 0 Å². The molecule has 6 heteroatoms. The van der Waals surface area contributed by atoms with Crippen LogP contribution in [0.15, 0.2) is 0 Å². The van der Waals surface area contributed by atoms with Gasteiger partial charge in [0.15, 0.2) is 0 Å². The Balaban J connectivity index is 5.39. The van der Waals surface area contributed by atoms with E-state index in [0.717, 1.165) is 35.6 Å². The van der Waals surface area contributed by atoms with Crippen molar-refractivity contribution in [1.29, 1.82) is 0 Å². The molecule has 0 radical (unpaired) electrons. The molecule has 25 heavy (non-hydrogen) atoms. The number of unbranched alkanes of at least 4 members (excludes halogenated alkanes) is 1. The molecule has 0 aromatic carbocycles. The predicted octanol–water partition coefficient (Wildman–Crippen LogP) is 5.53. The fourth-order valence-corrected chi connectivity index (χ4v) is 14.0. The van der Waals surface area contributed by atoms with Gasteiger partial charge in [-0.25, -0.2) is 0 Å². The van der Waals surface area contributed by atoms with Gasteiger partial charge in [-0.2, -0.15) is 0 Å². The summed E-state index contributed by atoms with van der Waals surface area (Å²) in [5, 5.41) is 0. The maximum atomic E-state index is 5.61. The fraction of sp³-hybridized carbons (Fsp3) is 1.00. The van der Waals surface area contributed by atoms with Crippen LogP contribution in [0.4, 0.5) is 0 Å². The van der Waals surface area contributed by atoms with E-state index in [1.807, 2.05) is 0 Å². The van der Waals surface area contributed by atoms with E-state index >= 15 is 0 Å². The summed E-state index contributed by atoms with van der Waals surface area (Å²) in [6.45, 7) is 19.3. The topological polar surface area (TPSA) is 30.9 Å². The van der Waals surface area contributed by atoms with Gasteiger partial charge in [-0.1, -0.05) is 54.9 Å². The van der Waals surface area contributed by atoms with E-state index in [4.69, 9.17) is 13.3 Å². The van der Waals surface area contributed by atoms with E-state index in [1.165, 1.54) is 19.4 Å². The van der Waals surface area contributed by atoms with Gasteiger partial charge in [0.2, 0.25) is 0 Å². The normalized spacial score (nSPS) is 13.7. The molecular weight excluding hydrogens is 346 g/mol. The molecule has 0 amide bonds. The van der Waals surface area contributed by atoms with Gasteiger partial charge in [0.25, 0.3) is 0 Å². The SMILES string of the molecule is CCCCN(CCC[Si](OC)(OC)OC)[Si](C(C)C)(C(C)C)C(C)C. The van der Waals surface area contributed by atoms with Crippen LogP contribution >= 0.6 is 0 Å². The number of rotatable bonds is 14. The second-order valence-electron chi connectivity index (χ2n) is 8.09. The Morgan fingerprint density at radius 3 is 1.44 bits per heavy atom. The minimum Gasteiger partial charge on any atom is -0.377 e. The van der Waals surface area contributed by atoms with Crippen LogP contribution in [0, 0.1) is 0 Å². The zero-order chi connectivity index (χ0) is 19.7. The highest BCUT2D eigenvalue weighted by Gasteiger charge is 2.48. The van der Waals surface area contributed by atoms with Gasteiger partial charge >= 0.3 is 8.80 Å². The summed E-state index contributed by atoms with van der Waals surface area (Å²) in [5.74, 6) is 0. The molecule has 0 N–H and O–H groups in total. The van der Waals surface area contributed by atoms with Gasteiger partial charge in [0, 0.05) is 27.4 Å². The molecule has 0 bridgehead atoms. The highest BCUT2D eigenvalue weighted by molar-refractivity contribution is 6.81. The monoisotopic (exact) mass is 391 g/mol. The minimum absolute atomic E-state index is 0.749. The molecule has 0 aliphatic carbocycles. The third-order valence-electron chi connectivity index (χ3n) is 5.95. The summed E-state index contributed by atoms with van der Waals surface area (Å²) in [6, 6.07) is 0.887. The number of nitrogens with zero attached hydrogens (tertiary/aromatic N) is 1. The van der Waals surface area contributed by atoms with E-state index in [0.29, 0.717) is 0 Å². The first-order valence-electron chi connectivity index (χ1n) is 10.1. The van der Waals surface area contributed by atoms with Crippen LogP contribution in [0.2, 0.25) is 22.7 Å². The maximum Gasteiger partial charge on any atom is 0.500 e. The smallest absolute Gasteiger partial charge is 0.377 e. The molecule has 0 atom stereocenters. The molecule has 0 aliphatic rings. The van der Waals surface area contributed by atoms with E-state index in [1.54, 1.807) is 21.3 Å². The summed E-state index contributed by atoms with van der Waals surface area (Å²) >= 11 is 0. The molecule has 0 unspecified atom stereocenters. The second-order valence-corrected chi connectivity index (χ2v) is 17.1. The van der Waals surface area contributed by atoms with Crippen molar-refractivity contribution in [1.82, 2.24) is 4.57 Å². The van der Waals surface area contributed by atoms with Crippen LogP contribution in [0.3, 0.4) is 0 Å². The summed E-state index contributed by atoms with van der Waals surface area (Å²) in [5.41, 5.74) is 2.25. The molecule has 152 valence electrons. The molecule has 0 rings (SSSR count). The van der Waals surface area contributed by atoms with Gasteiger partial charge in [0.1, 0.15) is 8.24 Å². The average Bonchev–Trinajstić information content (AvgIpc) is 2.55. The molecule has 0 heterocycles. The molecule has 0 aromatic rings. The molecule has 4 nitrogen and oxygen atoms in total. The lowest BCUT2D eigenvalue weighted by Gasteiger charge is -2.51. The Labute approximate surface area is 160 Å². The quantitative estimate of drug-likeness (QED) is 0.364. The highest BCUT2D eigenvalue weighted by Crippen LogP contribution is 2.44. The van der Waals surface area contributed by atoms with Crippen molar-refractivity contribution in [3.8, 4) is 0 Å². The van der Waals surface area contributed by atoms with Crippen LogP contribution in [-0.2, 0) is 13.3 Å². The van der Waals surface area contributed by atoms with Crippen molar-refractivity contribution < 1.29 is 13.3 Å². The van der Waals surface area contributed by atoms with E-state index in [2.05, 4.69) is 53.0 Å². The zero-order valence-corrected chi connectivity index (χ0v) is 20.6. The van der Waals surface area contributed by atoms with Crippen molar-refractivity contribution in [2.45, 2.75) is 90.4 Å². The summed E-state index contributed by atoms with van der Waals surface area (Å²) in [6.07, 6.45) is 3.61. The van der Waals surface area contributed by atoms with Gasteiger partial charge in [-0.3, -0.25) is 0 Å².